The lowest BCUT2D eigenvalue weighted by Crippen LogP contribution is -2.47. The first-order valence-corrected chi connectivity index (χ1v) is 14.0. The highest BCUT2D eigenvalue weighted by molar-refractivity contribution is 5.97. The number of rotatable bonds is 10. The zero-order chi connectivity index (χ0) is 31.5. The summed E-state index contributed by atoms with van der Waals surface area (Å²) in [6, 6.07) is 18.7. The molecule has 1 heterocycles. The molecule has 1 N–H and O–H groups in total. The maximum absolute atomic E-state index is 13.5. The first-order chi connectivity index (χ1) is 20.3. The van der Waals surface area contributed by atoms with Gasteiger partial charge in [-0.05, 0) is 88.5 Å². The molecule has 1 atom stereocenters. The number of carbonyl (C=O) groups is 2. The highest BCUT2D eigenvalue weighted by atomic mass is 16.6. The Labute approximate surface area is 250 Å². The number of aryl methyl sites for hydroxylation is 1. The molecule has 0 spiro atoms. The molecule has 3 aromatic carbocycles. The first kappa shape index (κ1) is 31.2. The maximum atomic E-state index is 13.5. The molecular formula is C33H38N4O6. The van der Waals surface area contributed by atoms with Gasteiger partial charge in [0.1, 0.15) is 11.4 Å². The Kier molecular flexibility index (Phi) is 9.20. The van der Waals surface area contributed by atoms with Crippen LogP contribution in [0.5, 0.6) is 5.75 Å². The van der Waals surface area contributed by atoms with Crippen LogP contribution in [0, 0.1) is 0 Å². The van der Waals surface area contributed by atoms with E-state index in [1.54, 1.807) is 50.6 Å². The van der Waals surface area contributed by atoms with Crippen molar-refractivity contribution >= 4 is 22.8 Å². The van der Waals surface area contributed by atoms with Crippen LogP contribution in [-0.4, -0.2) is 58.8 Å². The molecule has 0 bridgehead atoms. The van der Waals surface area contributed by atoms with Crippen LogP contribution in [-0.2, 0) is 24.9 Å². The van der Waals surface area contributed by atoms with Crippen molar-refractivity contribution in [3.63, 3.8) is 0 Å². The van der Waals surface area contributed by atoms with Gasteiger partial charge in [0, 0.05) is 25.2 Å². The number of ether oxygens (including phenoxy) is 2. The molecule has 0 radical (unpaired) electrons. The highest BCUT2D eigenvalue weighted by Crippen LogP contribution is 2.21. The number of hydrogen-bond acceptors (Lipinski definition) is 7. The standard InChI is InChI=1S/C33H38N4O6/c1-21(35(4)5)33(2,3)43-31(40)24-12-8-23(9-13-24)20-37-30(39)27-18-25(14-17-28(27)36(6)32(37)41)29(38)34-19-22-10-15-26(42-7)16-11-22/h8-18,21H,19-20H2,1-7H3,(H,34,38). The van der Waals surface area contributed by atoms with Crippen molar-refractivity contribution in [3.8, 4) is 5.75 Å². The Morgan fingerprint density at radius 2 is 1.53 bits per heavy atom. The quantitative estimate of drug-likeness (QED) is 0.283. The number of nitrogens with one attached hydrogen (secondary N) is 1. The average molecular weight is 587 g/mol. The van der Waals surface area contributed by atoms with Crippen molar-refractivity contribution in [2.45, 2.75) is 45.5 Å². The van der Waals surface area contributed by atoms with Gasteiger partial charge in [-0.25, -0.2) is 9.59 Å². The topological polar surface area (TPSA) is 112 Å². The van der Waals surface area contributed by atoms with Crippen LogP contribution in [0.15, 0.2) is 76.3 Å². The summed E-state index contributed by atoms with van der Waals surface area (Å²) in [5.74, 6) is -0.0794. The van der Waals surface area contributed by atoms with Crippen LogP contribution in [0.3, 0.4) is 0 Å². The van der Waals surface area contributed by atoms with Crippen molar-refractivity contribution in [2.24, 2.45) is 7.05 Å². The summed E-state index contributed by atoms with van der Waals surface area (Å²) in [5, 5.41) is 3.11. The lowest BCUT2D eigenvalue weighted by Gasteiger charge is -2.35. The number of carbonyl (C=O) groups excluding carboxylic acids is 2. The molecule has 0 aliphatic rings. The van der Waals surface area contributed by atoms with Gasteiger partial charge in [0.25, 0.3) is 11.5 Å². The van der Waals surface area contributed by atoms with Gasteiger partial charge in [-0.2, -0.15) is 0 Å². The number of amides is 1. The van der Waals surface area contributed by atoms with Crippen LogP contribution < -0.4 is 21.3 Å². The molecule has 0 fully saturated rings. The number of esters is 1. The Hall–Kier alpha value is -4.70. The summed E-state index contributed by atoms with van der Waals surface area (Å²) in [4.78, 5) is 54.3. The summed E-state index contributed by atoms with van der Waals surface area (Å²) in [5.41, 5.74) is 0.934. The summed E-state index contributed by atoms with van der Waals surface area (Å²) in [6.45, 7) is 6.00. The van der Waals surface area contributed by atoms with Crippen molar-refractivity contribution in [2.75, 3.05) is 21.2 Å². The number of nitrogens with zero attached hydrogens (tertiary/aromatic N) is 3. The lowest BCUT2D eigenvalue weighted by molar-refractivity contribution is -0.0339. The molecule has 226 valence electrons. The van der Waals surface area contributed by atoms with Crippen molar-refractivity contribution in [1.29, 1.82) is 0 Å². The van der Waals surface area contributed by atoms with Gasteiger partial charge in [-0.15, -0.1) is 0 Å². The van der Waals surface area contributed by atoms with Gasteiger partial charge in [-0.1, -0.05) is 24.3 Å². The first-order valence-electron chi connectivity index (χ1n) is 14.0. The smallest absolute Gasteiger partial charge is 0.338 e. The summed E-state index contributed by atoms with van der Waals surface area (Å²) in [6.07, 6.45) is 0. The number of likely N-dealkylation sites (N-methyl/N-ethyl adjacent to an activating group) is 1. The predicted molar refractivity (Wildman–Crippen MR) is 166 cm³/mol. The van der Waals surface area contributed by atoms with Crippen LogP contribution in [0.2, 0.25) is 0 Å². The van der Waals surface area contributed by atoms with Crippen LogP contribution in [0.25, 0.3) is 10.9 Å². The average Bonchev–Trinajstić information content (AvgIpc) is 3.00. The van der Waals surface area contributed by atoms with E-state index >= 15 is 0 Å². The molecule has 1 amide bonds. The van der Waals surface area contributed by atoms with Crippen molar-refractivity contribution in [3.05, 3.63) is 110 Å². The van der Waals surface area contributed by atoms with E-state index in [0.29, 0.717) is 28.8 Å². The molecule has 4 rings (SSSR count). The maximum Gasteiger partial charge on any atom is 0.338 e. The zero-order valence-corrected chi connectivity index (χ0v) is 25.6. The normalized spacial score (nSPS) is 12.3. The molecule has 10 heteroatoms. The third-order valence-corrected chi connectivity index (χ3v) is 7.89. The molecule has 1 aromatic heterocycles. The van der Waals surface area contributed by atoms with E-state index in [1.165, 1.54) is 10.6 Å². The van der Waals surface area contributed by atoms with Gasteiger partial charge >= 0.3 is 11.7 Å². The minimum Gasteiger partial charge on any atom is -0.497 e. The van der Waals surface area contributed by atoms with E-state index in [-0.39, 0.29) is 23.9 Å². The largest absolute Gasteiger partial charge is 0.497 e. The minimum atomic E-state index is -0.713. The number of aromatic nitrogens is 2. The number of benzene rings is 3. The molecule has 1 unspecified atom stereocenters. The predicted octanol–water partition coefficient (Wildman–Crippen LogP) is 3.57. The fourth-order valence-electron chi connectivity index (χ4n) is 4.76. The minimum absolute atomic E-state index is 0.00613. The fourth-order valence-corrected chi connectivity index (χ4v) is 4.76. The Morgan fingerprint density at radius 3 is 2.14 bits per heavy atom. The van der Waals surface area contributed by atoms with E-state index in [0.717, 1.165) is 15.9 Å². The number of fused-ring (bicyclic) bond motifs is 1. The van der Waals surface area contributed by atoms with Crippen LogP contribution in [0.1, 0.15) is 52.6 Å². The number of hydrogen-bond donors (Lipinski definition) is 1. The highest BCUT2D eigenvalue weighted by Gasteiger charge is 2.32. The van der Waals surface area contributed by atoms with Crippen LogP contribution >= 0.6 is 0 Å². The summed E-state index contributed by atoms with van der Waals surface area (Å²) < 4.78 is 13.4. The molecule has 0 aliphatic carbocycles. The SMILES string of the molecule is COc1ccc(CNC(=O)c2ccc3c(c2)c(=O)n(Cc2ccc(C(=O)OC(C)(C)C(C)N(C)C)cc2)c(=O)n3C)cc1. The van der Waals surface area contributed by atoms with Gasteiger partial charge in [-0.3, -0.25) is 18.7 Å². The zero-order valence-electron chi connectivity index (χ0n) is 25.6. The molecule has 0 saturated heterocycles. The molecule has 43 heavy (non-hydrogen) atoms. The van der Waals surface area contributed by atoms with Gasteiger partial charge in [0.15, 0.2) is 0 Å². The van der Waals surface area contributed by atoms with Gasteiger partial charge in [0.05, 0.1) is 30.1 Å². The second-order valence-electron chi connectivity index (χ2n) is 11.3. The van der Waals surface area contributed by atoms with Gasteiger partial charge in [0.2, 0.25) is 0 Å². The fraction of sp³-hybridized carbons (Fsp3) is 0.333. The van der Waals surface area contributed by atoms with Crippen molar-refractivity contribution in [1.82, 2.24) is 19.4 Å². The van der Waals surface area contributed by atoms with E-state index < -0.39 is 22.8 Å². The Balaban J connectivity index is 1.54. The van der Waals surface area contributed by atoms with E-state index in [2.05, 4.69) is 5.32 Å². The second kappa shape index (κ2) is 12.7. The molecule has 0 aliphatic heterocycles. The summed E-state index contributed by atoms with van der Waals surface area (Å²) in [7, 11) is 7.02. The van der Waals surface area contributed by atoms with E-state index in [4.69, 9.17) is 9.47 Å². The monoisotopic (exact) mass is 586 g/mol. The third kappa shape index (κ3) is 6.86. The van der Waals surface area contributed by atoms with E-state index in [9.17, 15) is 19.2 Å². The van der Waals surface area contributed by atoms with Crippen LogP contribution in [0.4, 0.5) is 0 Å². The summed E-state index contributed by atoms with van der Waals surface area (Å²) >= 11 is 0. The number of methoxy groups -OCH3 is 1. The second-order valence-corrected chi connectivity index (χ2v) is 11.3. The third-order valence-electron chi connectivity index (χ3n) is 7.89. The Morgan fingerprint density at radius 1 is 0.930 bits per heavy atom. The molecular weight excluding hydrogens is 548 g/mol. The molecule has 10 nitrogen and oxygen atoms in total. The Bertz CT molecular complexity index is 1750. The lowest BCUT2D eigenvalue weighted by atomic mass is 9.99. The van der Waals surface area contributed by atoms with Gasteiger partial charge < -0.3 is 19.7 Å². The van der Waals surface area contributed by atoms with Crippen molar-refractivity contribution < 1.29 is 19.1 Å². The van der Waals surface area contributed by atoms with E-state index in [1.807, 2.05) is 64.0 Å². The molecule has 4 aromatic rings. The molecule has 0 saturated carbocycles.